The molecule has 5 heteroatoms. The van der Waals surface area contributed by atoms with Crippen LogP contribution in [0.2, 0.25) is 10.0 Å². The van der Waals surface area contributed by atoms with E-state index in [1.807, 2.05) is 55.5 Å². The fourth-order valence-electron chi connectivity index (χ4n) is 2.93. The second-order valence-electron chi connectivity index (χ2n) is 6.34. The first kappa shape index (κ1) is 20.2. The van der Waals surface area contributed by atoms with Crippen LogP contribution in [-0.4, -0.2) is 12.4 Å². The molecule has 1 atom stereocenters. The van der Waals surface area contributed by atoms with Gasteiger partial charge in [-0.1, -0.05) is 41.4 Å². The van der Waals surface area contributed by atoms with Gasteiger partial charge in [-0.2, -0.15) is 0 Å². The fraction of sp³-hybridized carbons (Fsp3) is 0.174. The number of Topliss-reactive ketones (excluding diaryl/α,β-unsaturated/α-hetero) is 1. The molecule has 0 saturated heterocycles. The highest BCUT2D eigenvalue weighted by Gasteiger charge is 2.18. The minimum absolute atomic E-state index is 0.0325. The predicted molar refractivity (Wildman–Crippen MR) is 116 cm³/mol. The Bertz CT molecular complexity index is 924. The number of carbonyl (C=O) groups is 1. The molecule has 3 rings (SSSR count). The summed E-state index contributed by atoms with van der Waals surface area (Å²) in [4.78, 5) is 12.8. The van der Waals surface area contributed by atoms with Gasteiger partial charge in [-0.15, -0.1) is 0 Å². The van der Waals surface area contributed by atoms with Crippen LogP contribution in [0.3, 0.4) is 0 Å². The van der Waals surface area contributed by atoms with E-state index in [1.165, 1.54) is 0 Å². The number of ether oxygens (including phenoxy) is 1. The zero-order valence-corrected chi connectivity index (χ0v) is 17.0. The number of hydrogen-bond acceptors (Lipinski definition) is 3. The molecule has 28 heavy (non-hydrogen) atoms. The van der Waals surface area contributed by atoms with E-state index in [0.29, 0.717) is 28.6 Å². The smallest absolute Gasteiger partial charge is 0.165 e. The first-order chi connectivity index (χ1) is 13.5. The summed E-state index contributed by atoms with van der Waals surface area (Å²) in [5.41, 5.74) is 2.48. The van der Waals surface area contributed by atoms with Crippen molar-refractivity contribution in [2.45, 2.75) is 19.4 Å². The van der Waals surface area contributed by atoms with Crippen LogP contribution in [0.25, 0.3) is 0 Å². The summed E-state index contributed by atoms with van der Waals surface area (Å²) >= 11 is 12.0. The van der Waals surface area contributed by atoms with E-state index in [-0.39, 0.29) is 11.8 Å². The maximum atomic E-state index is 12.8. The molecule has 0 fully saturated rings. The third-order valence-corrected chi connectivity index (χ3v) is 4.80. The molecule has 144 valence electrons. The topological polar surface area (TPSA) is 38.3 Å². The predicted octanol–water partition coefficient (Wildman–Crippen LogP) is 6.82. The van der Waals surface area contributed by atoms with Gasteiger partial charge >= 0.3 is 0 Å². The Morgan fingerprint density at radius 2 is 1.68 bits per heavy atom. The molecule has 1 unspecified atom stereocenters. The zero-order chi connectivity index (χ0) is 19.9. The van der Waals surface area contributed by atoms with E-state index in [9.17, 15) is 4.79 Å². The zero-order valence-electron chi connectivity index (χ0n) is 15.5. The summed E-state index contributed by atoms with van der Waals surface area (Å²) in [5.74, 6) is 0.835. The molecule has 0 aliphatic rings. The lowest BCUT2D eigenvalue weighted by molar-refractivity contribution is 0.0976. The first-order valence-electron chi connectivity index (χ1n) is 9.09. The summed E-state index contributed by atoms with van der Waals surface area (Å²) in [7, 11) is 0. The molecule has 0 aliphatic heterocycles. The lowest BCUT2D eigenvalue weighted by atomic mass is 9.97. The van der Waals surface area contributed by atoms with Crippen LogP contribution in [0.1, 0.15) is 35.3 Å². The second kappa shape index (κ2) is 9.63. The van der Waals surface area contributed by atoms with Gasteiger partial charge in [-0.25, -0.2) is 0 Å². The Morgan fingerprint density at radius 1 is 0.964 bits per heavy atom. The van der Waals surface area contributed by atoms with E-state index in [4.69, 9.17) is 27.9 Å². The quantitative estimate of drug-likeness (QED) is 0.411. The van der Waals surface area contributed by atoms with E-state index in [0.717, 1.165) is 17.0 Å². The van der Waals surface area contributed by atoms with Gasteiger partial charge in [0.25, 0.3) is 0 Å². The molecule has 3 aromatic rings. The van der Waals surface area contributed by atoms with Gasteiger partial charge in [0, 0.05) is 27.7 Å². The van der Waals surface area contributed by atoms with Gasteiger partial charge in [-0.05, 0) is 67.1 Å². The Hall–Kier alpha value is -2.49. The SMILES string of the molecule is CCOc1ccc(C(CC(=O)c2ccc(Cl)cc2)Nc2cccc(Cl)c2)cc1. The van der Waals surface area contributed by atoms with Gasteiger partial charge < -0.3 is 10.1 Å². The Labute approximate surface area is 175 Å². The standard InChI is InChI=1S/C23H21Cl2NO2/c1-2-28-21-12-8-16(9-13-21)22(26-20-5-3-4-19(25)14-20)15-23(27)17-6-10-18(24)11-7-17/h3-14,22,26H,2,15H2,1H3. The van der Waals surface area contributed by atoms with Crippen molar-refractivity contribution in [1.82, 2.24) is 0 Å². The van der Waals surface area contributed by atoms with Crippen LogP contribution < -0.4 is 10.1 Å². The van der Waals surface area contributed by atoms with Crippen molar-refractivity contribution in [3.63, 3.8) is 0 Å². The molecule has 3 nitrogen and oxygen atoms in total. The second-order valence-corrected chi connectivity index (χ2v) is 7.22. The van der Waals surface area contributed by atoms with Gasteiger partial charge in [0.1, 0.15) is 5.75 Å². The first-order valence-corrected chi connectivity index (χ1v) is 9.84. The molecule has 0 spiro atoms. The number of nitrogens with one attached hydrogen (secondary N) is 1. The summed E-state index contributed by atoms with van der Waals surface area (Å²) in [6, 6.07) is 22.0. The van der Waals surface area contributed by atoms with Crippen molar-refractivity contribution in [3.05, 3.63) is 94.0 Å². The van der Waals surface area contributed by atoms with Crippen molar-refractivity contribution in [2.75, 3.05) is 11.9 Å². The minimum atomic E-state index is -0.211. The highest BCUT2D eigenvalue weighted by Crippen LogP contribution is 2.27. The number of ketones is 1. The summed E-state index contributed by atoms with van der Waals surface area (Å²) < 4.78 is 5.52. The molecule has 0 saturated carbocycles. The number of rotatable bonds is 8. The Kier molecular flexibility index (Phi) is 6.96. The van der Waals surface area contributed by atoms with Crippen molar-refractivity contribution >= 4 is 34.7 Å². The third kappa shape index (κ3) is 5.51. The lowest BCUT2D eigenvalue weighted by Gasteiger charge is -2.20. The van der Waals surface area contributed by atoms with Crippen LogP contribution in [0, 0.1) is 0 Å². The molecule has 0 amide bonds. The molecule has 0 heterocycles. The Morgan fingerprint density at radius 3 is 2.32 bits per heavy atom. The van der Waals surface area contributed by atoms with E-state index >= 15 is 0 Å². The molecule has 0 radical (unpaired) electrons. The van der Waals surface area contributed by atoms with E-state index < -0.39 is 0 Å². The van der Waals surface area contributed by atoms with Crippen molar-refractivity contribution in [2.24, 2.45) is 0 Å². The fourth-order valence-corrected chi connectivity index (χ4v) is 3.25. The average molecular weight is 414 g/mol. The normalized spacial score (nSPS) is 11.7. The maximum absolute atomic E-state index is 12.8. The van der Waals surface area contributed by atoms with Crippen LogP contribution in [0.4, 0.5) is 5.69 Å². The number of halogens is 2. The maximum Gasteiger partial charge on any atom is 0.165 e. The Balaban J connectivity index is 1.84. The molecular weight excluding hydrogens is 393 g/mol. The molecular formula is C23H21Cl2NO2. The minimum Gasteiger partial charge on any atom is -0.494 e. The molecule has 0 bridgehead atoms. The highest BCUT2D eigenvalue weighted by atomic mass is 35.5. The van der Waals surface area contributed by atoms with Crippen LogP contribution >= 0.6 is 23.2 Å². The van der Waals surface area contributed by atoms with E-state index in [1.54, 1.807) is 24.3 Å². The molecule has 3 aromatic carbocycles. The van der Waals surface area contributed by atoms with Crippen LogP contribution in [-0.2, 0) is 0 Å². The molecule has 0 aromatic heterocycles. The van der Waals surface area contributed by atoms with Gasteiger partial charge in [0.2, 0.25) is 0 Å². The molecule has 1 N–H and O–H groups in total. The van der Waals surface area contributed by atoms with Gasteiger partial charge in [0.05, 0.1) is 12.6 Å². The molecule has 0 aliphatic carbocycles. The summed E-state index contributed by atoms with van der Waals surface area (Å²) in [5, 5.41) is 4.67. The van der Waals surface area contributed by atoms with Crippen molar-refractivity contribution < 1.29 is 9.53 Å². The number of benzene rings is 3. The van der Waals surface area contributed by atoms with Crippen molar-refractivity contribution in [1.29, 1.82) is 0 Å². The lowest BCUT2D eigenvalue weighted by Crippen LogP contribution is -2.16. The monoisotopic (exact) mass is 413 g/mol. The largest absolute Gasteiger partial charge is 0.494 e. The van der Waals surface area contributed by atoms with Gasteiger partial charge in [-0.3, -0.25) is 4.79 Å². The van der Waals surface area contributed by atoms with Crippen LogP contribution in [0.15, 0.2) is 72.8 Å². The number of anilines is 1. The van der Waals surface area contributed by atoms with Crippen LogP contribution in [0.5, 0.6) is 5.75 Å². The number of hydrogen-bond donors (Lipinski definition) is 1. The number of carbonyl (C=O) groups excluding carboxylic acids is 1. The van der Waals surface area contributed by atoms with Crippen molar-refractivity contribution in [3.8, 4) is 5.75 Å². The van der Waals surface area contributed by atoms with Gasteiger partial charge in [0.15, 0.2) is 5.78 Å². The summed E-state index contributed by atoms with van der Waals surface area (Å²) in [6.07, 6.45) is 0.294. The van der Waals surface area contributed by atoms with E-state index in [2.05, 4.69) is 5.32 Å². The average Bonchev–Trinajstić information content (AvgIpc) is 2.69. The summed E-state index contributed by atoms with van der Waals surface area (Å²) in [6.45, 7) is 2.56. The highest BCUT2D eigenvalue weighted by molar-refractivity contribution is 6.31. The third-order valence-electron chi connectivity index (χ3n) is 4.31.